The summed E-state index contributed by atoms with van der Waals surface area (Å²) in [7, 11) is 0. The predicted molar refractivity (Wildman–Crippen MR) is 111 cm³/mol. The number of rotatable bonds is 3. The molecule has 1 aliphatic rings. The highest BCUT2D eigenvalue weighted by Crippen LogP contribution is 2.40. The highest BCUT2D eigenvalue weighted by atomic mass is 79.9. The van der Waals surface area contributed by atoms with E-state index in [2.05, 4.69) is 32.5 Å². The van der Waals surface area contributed by atoms with E-state index in [-0.39, 0.29) is 17.8 Å². The van der Waals surface area contributed by atoms with E-state index in [1.54, 1.807) is 4.90 Å². The standard InChI is InChI=1S/C18H17BrN6OS/c1-2-13(26)25-6-5-9(8-25)14-15(23-18(21)24-16(14)20)17-22-11-4-3-10(19)7-12(11)27-17/h2-4,7,9H,1,5-6,8H2,(H4,20,21,23,24)/t9-/m1/s1. The minimum Gasteiger partial charge on any atom is -0.383 e. The molecule has 4 N–H and O–H groups in total. The average Bonchev–Trinajstić information content (AvgIpc) is 3.26. The van der Waals surface area contributed by atoms with E-state index in [1.807, 2.05) is 18.2 Å². The molecule has 1 atom stereocenters. The fourth-order valence-electron chi connectivity index (χ4n) is 3.40. The van der Waals surface area contributed by atoms with Gasteiger partial charge >= 0.3 is 0 Å². The van der Waals surface area contributed by atoms with Gasteiger partial charge in [-0.2, -0.15) is 4.98 Å². The first-order chi connectivity index (χ1) is 13.0. The Balaban J connectivity index is 1.80. The topological polar surface area (TPSA) is 111 Å². The van der Waals surface area contributed by atoms with Gasteiger partial charge in [0.1, 0.15) is 16.5 Å². The van der Waals surface area contributed by atoms with Crippen molar-refractivity contribution in [2.24, 2.45) is 0 Å². The summed E-state index contributed by atoms with van der Waals surface area (Å²) in [5.41, 5.74) is 14.4. The normalized spacial score (nSPS) is 16.8. The van der Waals surface area contributed by atoms with Crippen LogP contribution in [0, 0.1) is 0 Å². The number of anilines is 2. The van der Waals surface area contributed by atoms with Crippen molar-refractivity contribution >= 4 is 55.2 Å². The Morgan fingerprint density at radius 1 is 1.33 bits per heavy atom. The maximum absolute atomic E-state index is 11.9. The molecule has 1 aromatic carbocycles. The molecule has 7 nitrogen and oxygen atoms in total. The number of aromatic nitrogens is 3. The zero-order valence-corrected chi connectivity index (χ0v) is 16.8. The zero-order chi connectivity index (χ0) is 19.1. The van der Waals surface area contributed by atoms with Crippen molar-refractivity contribution in [3.8, 4) is 10.7 Å². The van der Waals surface area contributed by atoms with Gasteiger partial charge in [0.25, 0.3) is 0 Å². The molecule has 0 bridgehead atoms. The molecule has 0 saturated carbocycles. The molecular weight excluding hydrogens is 428 g/mol. The monoisotopic (exact) mass is 444 g/mol. The lowest BCUT2D eigenvalue weighted by Crippen LogP contribution is -2.26. The molecule has 2 aromatic heterocycles. The first-order valence-electron chi connectivity index (χ1n) is 8.37. The number of halogens is 1. The second kappa shape index (κ2) is 6.90. The Bertz CT molecular complexity index is 1070. The van der Waals surface area contributed by atoms with Gasteiger partial charge in [-0.15, -0.1) is 11.3 Å². The minimum absolute atomic E-state index is 0.0308. The Hall–Kier alpha value is -2.52. The molecule has 1 amide bonds. The number of benzene rings is 1. The lowest BCUT2D eigenvalue weighted by molar-refractivity contribution is -0.125. The van der Waals surface area contributed by atoms with Crippen molar-refractivity contribution < 1.29 is 4.79 Å². The summed E-state index contributed by atoms with van der Waals surface area (Å²) >= 11 is 5.01. The smallest absolute Gasteiger partial charge is 0.245 e. The van der Waals surface area contributed by atoms with Gasteiger partial charge in [-0.3, -0.25) is 4.79 Å². The number of hydrogen-bond donors (Lipinski definition) is 2. The summed E-state index contributed by atoms with van der Waals surface area (Å²) in [4.78, 5) is 27.0. The van der Waals surface area contributed by atoms with Crippen molar-refractivity contribution in [2.75, 3.05) is 24.6 Å². The number of amides is 1. The van der Waals surface area contributed by atoms with E-state index in [9.17, 15) is 4.79 Å². The average molecular weight is 445 g/mol. The van der Waals surface area contributed by atoms with Gasteiger partial charge in [0.15, 0.2) is 0 Å². The molecule has 1 saturated heterocycles. The van der Waals surface area contributed by atoms with Gasteiger partial charge in [-0.1, -0.05) is 22.5 Å². The highest BCUT2D eigenvalue weighted by Gasteiger charge is 2.31. The summed E-state index contributed by atoms with van der Waals surface area (Å²) in [6, 6.07) is 5.92. The fraction of sp³-hybridized carbons (Fsp3) is 0.222. The molecule has 3 aromatic rings. The van der Waals surface area contributed by atoms with Crippen LogP contribution in [0.5, 0.6) is 0 Å². The summed E-state index contributed by atoms with van der Waals surface area (Å²) in [6.45, 7) is 4.75. The van der Waals surface area contributed by atoms with Crippen LogP contribution in [0.4, 0.5) is 11.8 Å². The number of fused-ring (bicyclic) bond motifs is 1. The molecule has 0 aliphatic carbocycles. The van der Waals surface area contributed by atoms with Gasteiger partial charge in [-0.05, 0) is 30.7 Å². The number of nitrogens with zero attached hydrogens (tertiary/aromatic N) is 4. The maximum atomic E-state index is 11.9. The molecule has 1 aliphatic heterocycles. The van der Waals surface area contributed by atoms with Crippen molar-refractivity contribution in [1.29, 1.82) is 0 Å². The fourth-order valence-corrected chi connectivity index (χ4v) is 4.92. The third-order valence-electron chi connectivity index (χ3n) is 4.63. The molecule has 4 rings (SSSR count). The van der Waals surface area contributed by atoms with Crippen LogP contribution in [-0.2, 0) is 4.79 Å². The number of thiazole rings is 1. The van der Waals surface area contributed by atoms with Gasteiger partial charge in [0.2, 0.25) is 11.9 Å². The van der Waals surface area contributed by atoms with Gasteiger partial charge < -0.3 is 16.4 Å². The molecule has 0 spiro atoms. The molecule has 0 radical (unpaired) electrons. The molecule has 0 unspecified atom stereocenters. The number of nitrogen functional groups attached to an aromatic ring is 2. The third-order valence-corrected chi connectivity index (χ3v) is 6.15. The van der Waals surface area contributed by atoms with E-state index in [0.717, 1.165) is 31.7 Å². The van der Waals surface area contributed by atoms with E-state index in [0.29, 0.717) is 24.6 Å². The quantitative estimate of drug-likeness (QED) is 0.599. The van der Waals surface area contributed by atoms with Crippen LogP contribution >= 0.6 is 27.3 Å². The van der Waals surface area contributed by atoms with E-state index in [1.165, 1.54) is 17.4 Å². The molecule has 9 heteroatoms. The third kappa shape index (κ3) is 3.28. The van der Waals surface area contributed by atoms with Crippen LogP contribution in [0.15, 0.2) is 35.3 Å². The first kappa shape index (κ1) is 17.9. The van der Waals surface area contributed by atoms with Crippen molar-refractivity contribution in [3.63, 3.8) is 0 Å². The number of likely N-dealkylation sites (tertiary alicyclic amines) is 1. The lowest BCUT2D eigenvalue weighted by atomic mass is 9.97. The van der Waals surface area contributed by atoms with Gasteiger partial charge in [-0.25, -0.2) is 9.97 Å². The molecule has 27 heavy (non-hydrogen) atoms. The first-order valence-corrected chi connectivity index (χ1v) is 9.98. The number of nitrogens with two attached hydrogens (primary N) is 2. The highest BCUT2D eigenvalue weighted by molar-refractivity contribution is 9.10. The maximum Gasteiger partial charge on any atom is 0.245 e. The Morgan fingerprint density at radius 2 is 2.15 bits per heavy atom. The Kier molecular flexibility index (Phi) is 4.56. The van der Waals surface area contributed by atoms with Crippen molar-refractivity contribution in [2.45, 2.75) is 12.3 Å². The SMILES string of the molecule is C=CC(=O)N1CC[C@@H](c2c(N)nc(N)nc2-c2nc3ccc(Br)cc3s2)C1. The van der Waals surface area contributed by atoms with Crippen LogP contribution in [0.25, 0.3) is 20.9 Å². The van der Waals surface area contributed by atoms with Crippen LogP contribution in [0.2, 0.25) is 0 Å². The molecule has 138 valence electrons. The Morgan fingerprint density at radius 3 is 2.93 bits per heavy atom. The molecule has 3 heterocycles. The van der Waals surface area contributed by atoms with Crippen LogP contribution in [0.3, 0.4) is 0 Å². The van der Waals surface area contributed by atoms with Crippen molar-refractivity contribution in [1.82, 2.24) is 19.9 Å². The molecule has 1 fully saturated rings. The van der Waals surface area contributed by atoms with Gasteiger partial charge in [0, 0.05) is 29.0 Å². The zero-order valence-electron chi connectivity index (χ0n) is 14.4. The number of hydrogen-bond acceptors (Lipinski definition) is 7. The number of carbonyl (C=O) groups is 1. The summed E-state index contributed by atoms with van der Waals surface area (Å²) in [5, 5.41) is 0.743. The predicted octanol–water partition coefficient (Wildman–Crippen LogP) is 3.18. The second-order valence-electron chi connectivity index (χ2n) is 6.33. The van der Waals surface area contributed by atoms with Gasteiger partial charge in [0.05, 0.1) is 10.2 Å². The summed E-state index contributed by atoms with van der Waals surface area (Å²) in [6.07, 6.45) is 2.11. The van der Waals surface area contributed by atoms with E-state index in [4.69, 9.17) is 16.5 Å². The van der Waals surface area contributed by atoms with Crippen LogP contribution in [-0.4, -0.2) is 38.8 Å². The Labute approximate surface area is 168 Å². The number of carbonyl (C=O) groups excluding carboxylic acids is 1. The van der Waals surface area contributed by atoms with Crippen LogP contribution < -0.4 is 11.5 Å². The van der Waals surface area contributed by atoms with E-state index < -0.39 is 0 Å². The van der Waals surface area contributed by atoms with Crippen molar-refractivity contribution in [3.05, 3.63) is 40.9 Å². The largest absolute Gasteiger partial charge is 0.383 e. The summed E-state index contributed by atoms with van der Waals surface area (Å²) < 4.78 is 2.03. The lowest BCUT2D eigenvalue weighted by Gasteiger charge is -2.17. The van der Waals surface area contributed by atoms with Crippen LogP contribution in [0.1, 0.15) is 17.9 Å². The minimum atomic E-state index is -0.0844. The molecular formula is C18H17BrN6OS. The van der Waals surface area contributed by atoms with E-state index >= 15 is 0 Å². The second-order valence-corrected chi connectivity index (χ2v) is 8.28. The summed E-state index contributed by atoms with van der Waals surface area (Å²) in [5.74, 6) is 0.404.